The summed E-state index contributed by atoms with van der Waals surface area (Å²) >= 11 is 0. The van der Waals surface area contributed by atoms with Gasteiger partial charge in [-0.05, 0) is 24.1 Å². The molecule has 2 rings (SSSR count). The second-order valence-corrected chi connectivity index (χ2v) is 4.65. The zero-order chi connectivity index (χ0) is 11.7. The summed E-state index contributed by atoms with van der Waals surface area (Å²) in [7, 11) is 2.12. The minimum atomic E-state index is 0.514. The van der Waals surface area contributed by atoms with Crippen LogP contribution in [0.25, 0.3) is 0 Å². The molecule has 1 atom stereocenters. The average Bonchev–Trinajstić information content (AvgIpc) is 2.28. The molecular formula is C13H17N3. The van der Waals surface area contributed by atoms with Gasteiger partial charge >= 0.3 is 0 Å². The maximum Gasteiger partial charge on any atom is 0.0992 e. The van der Waals surface area contributed by atoms with Crippen molar-refractivity contribution < 1.29 is 0 Å². The van der Waals surface area contributed by atoms with Gasteiger partial charge in [0.15, 0.2) is 0 Å². The summed E-state index contributed by atoms with van der Waals surface area (Å²) in [6.07, 6.45) is 0. The fourth-order valence-electron chi connectivity index (χ4n) is 2.27. The number of anilines is 2. The van der Waals surface area contributed by atoms with E-state index in [1.807, 2.05) is 18.2 Å². The molecule has 16 heavy (non-hydrogen) atoms. The van der Waals surface area contributed by atoms with Gasteiger partial charge in [0.1, 0.15) is 0 Å². The van der Waals surface area contributed by atoms with Gasteiger partial charge in [-0.2, -0.15) is 5.26 Å². The van der Waals surface area contributed by atoms with Crippen molar-refractivity contribution in [2.75, 3.05) is 23.8 Å². The second-order valence-electron chi connectivity index (χ2n) is 4.65. The molecule has 0 amide bonds. The van der Waals surface area contributed by atoms with Crippen molar-refractivity contribution in [2.45, 2.75) is 19.9 Å². The van der Waals surface area contributed by atoms with E-state index < -0.39 is 0 Å². The maximum atomic E-state index is 8.85. The van der Waals surface area contributed by atoms with Gasteiger partial charge in [-0.15, -0.1) is 0 Å². The molecule has 1 N–H and O–H groups in total. The van der Waals surface area contributed by atoms with Crippen molar-refractivity contribution in [1.82, 2.24) is 0 Å². The first kappa shape index (κ1) is 10.8. The van der Waals surface area contributed by atoms with E-state index in [0.29, 0.717) is 17.5 Å². The van der Waals surface area contributed by atoms with Gasteiger partial charge in [0, 0.05) is 19.6 Å². The monoisotopic (exact) mass is 215 g/mol. The summed E-state index contributed by atoms with van der Waals surface area (Å²) in [5.74, 6) is 0.612. The number of nitriles is 1. The van der Waals surface area contributed by atoms with Crippen molar-refractivity contribution in [3.05, 3.63) is 23.8 Å². The van der Waals surface area contributed by atoms with Gasteiger partial charge in [-0.1, -0.05) is 13.8 Å². The smallest absolute Gasteiger partial charge is 0.0992 e. The highest BCUT2D eigenvalue weighted by atomic mass is 15.2. The van der Waals surface area contributed by atoms with Crippen LogP contribution in [0.5, 0.6) is 0 Å². The van der Waals surface area contributed by atoms with Gasteiger partial charge in [0.25, 0.3) is 0 Å². The van der Waals surface area contributed by atoms with Crippen LogP contribution < -0.4 is 10.2 Å². The SMILES string of the molecule is CC(C)C1CNc2cc(C#N)ccc2N1C. The maximum absolute atomic E-state index is 8.85. The third-order valence-electron chi connectivity index (χ3n) is 3.27. The number of benzene rings is 1. The number of nitrogens with one attached hydrogen (secondary N) is 1. The van der Waals surface area contributed by atoms with E-state index >= 15 is 0 Å². The van der Waals surface area contributed by atoms with Gasteiger partial charge < -0.3 is 10.2 Å². The molecule has 3 nitrogen and oxygen atoms in total. The van der Waals surface area contributed by atoms with Crippen LogP contribution in [-0.4, -0.2) is 19.6 Å². The lowest BCUT2D eigenvalue weighted by Crippen LogP contribution is -2.44. The predicted molar refractivity (Wildman–Crippen MR) is 66.7 cm³/mol. The van der Waals surface area contributed by atoms with Crippen LogP contribution in [0.1, 0.15) is 19.4 Å². The minimum Gasteiger partial charge on any atom is -0.381 e. The average molecular weight is 215 g/mol. The summed E-state index contributed by atoms with van der Waals surface area (Å²) < 4.78 is 0. The molecule has 1 aromatic carbocycles. The van der Waals surface area contributed by atoms with Crippen LogP contribution in [-0.2, 0) is 0 Å². The number of nitrogens with zero attached hydrogens (tertiary/aromatic N) is 2. The first-order valence-electron chi connectivity index (χ1n) is 5.64. The molecule has 0 fully saturated rings. The van der Waals surface area contributed by atoms with Gasteiger partial charge in [0.2, 0.25) is 0 Å². The Morgan fingerprint density at radius 1 is 1.50 bits per heavy atom. The molecule has 1 unspecified atom stereocenters. The predicted octanol–water partition coefficient (Wildman–Crippen LogP) is 2.44. The molecule has 1 aliphatic rings. The van der Waals surface area contributed by atoms with E-state index in [-0.39, 0.29) is 0 Å². The Labute approximate surface area is 96.7 Å². The zero-order valence-electron chi connectivity index (χ0n) is 9.99. The molecule has 1 heterocycles. The van der Waals surface area contributed by atoms with E-state index in [2.05, 4.69) is 37.2 Å². The second kappa shape index (κ2) is 4.05. The lowest BCUT2D eigenvalue weighted by atomic mass is 9.99. The molecule has 0 aromatic heterocycles. The fourth-order valence-corrected chi connectivity index (χ4v) is 2.27. The van der Waals surface area contributed by atoms with E-state index in [0.717, 1.165) is 12.2 Å². The quantitative estimate of drug-likeness (QED) is 0.782. The van der Waals surface area contributed by atoms with Crippen molar-refractivity contribution >= 4 is 11.4 Å². The van der Waals surface area contributed by atoms with E-state index in [4.69, 9.17) is 5.26 Å². The molecule has 0 bridgehead atoms. The van der Waals surface area contributed by atoms with Gasteiger partial charge in [-0.25, -0.2) is 0 Å². The highest BCUT2D eigenvalue weighted by Gasteiger charge is 2.25. The van der Waals surface area contributed by atoms with Crippen LogP contribution in [0.4, 0.5) is 11.4 Å². The van der Waals surface area contributed by atoms with E-state index in [9.17, 15) is 0 Å². The van der Waals surface area contributed by atoms with Gasteiger partial charge in [0.05, 0.1) is 23.0 Å². The molecule has 3 heteroatoms. The molecule has 0 saturated carbocycles. The highest BCUT2D eigenvalue weighted by molar-refractivity contribution is 5.74. The van der Waals surface area contributed by atoms with Gasteiger partial charge in [-0.3, -0.25) is 0 Å². The molecule has 0 aliphatic carbocycles. The number of hydrogen-bond acceptors (Lipinski definition) is 3. The summed E-state index contributed by atoms with van der Waals surface area (Å²) in [5.41, 5.74) is 2.96. The van der Waals surface area contributed by atoms with E-state index in [1.54, 1.807) is 0 Å². The van der Waals surface area contributed by atoms with Crippen LogP contribution in [0.15, 0.2) is 18.2 Å². The number of rotatable bonds is 1. The first-order chi connectivity index (χ1) is 7.63. The molecule has 0 spiro atoms. The number of fused-ring (bicyclic) bond motifs is 1. The third-order valence-corrected chi connectivity index (χ3v) is 3.27. The van der Waals surface area contributed by atoms with Crippen LogP contribution in [0.2, 0.25) is 0 Å². The Bertz CT molecular complexity index is 431. The molecule has 1 aromatic rings. The Morgan fingerprint density at radius 2 is 2.25 bits per heavy atom. The van der Waals surface area contributed by atoms with Crippen molar-refractivity contribution in [3.8, 4) is 6.07 Å². The lowest BCUT2D eigenvalue weighted by Gasteiger charge is -2.39. The molecular weight excluding hydrogens is 198 g/mol. The normalized spacial score (nSPS) is 18.9. The fraction of sp³-hybridized carbons (Fsp3) is 0.462. The summed E-state index contributed by atoms with van der Waals surface area (Å²) in [6.45, 7) is 5.41. The Kier molecular flexibility index (Phi) is 2.74. The van der Waals surface area contributed by atoms with E-state index in [1.165, 1.54) is 5.69 Å². The Hall–Kier alpha value is -1.69. The summed E-state index contributed by atoms with van der Waals surface area (Å²) in [6, 6.07) is 8.50. The van der Waals surface area contributed by atoms with Crippen molar-refractivity contribution in [3.63, 3.8) is 0 Å². The summed E-state index contributed by atoms with van der Waals surface area (Å²) in [4.78, 5) is 2.30. The Morgan fingerprint density at radius 3 is 2.88 bits per heavy atom. The topological polar surface area (TPSA) is 39.1 Å². The standard InChI is InChI=1S/C13H17N3/c1-9(2)13-8-15-11-6-10(7-14)4-5-12(11)16(13)3/h4-6,9,13,15H,8H2,1-3H3. The zero-order valence-corrected chi connectivity index (χ0v) is 9.99. The largest absolute Gasteiger partial charge is 0.381 e. The van der Waals surface area contributed by atoms with Crippen LogP contribution in [0.3, 0.4) is 0 Å². The highest BCUT2D eigenvalue weighted by Crippen LogP contribution is 2.32. The van der Waals surface area contributed by atoms with Crippen molar-refractivity contribution in [2.24, 2.45) is 5.92 Å². The molecule has 0 saturated heterocycles. The lowest BCUT2D eigenvalue weighted by molar-refractivity contribution is 0.482. The molecule has 84 valence electrons. The summed E-state index contributed by atoms with van der Waals surface area (Å²) in [5, 5.41) is 12.3. The first-order valence-corrected chi connectivity index (χ1v) is 5.64. The minimum absolute atomic E-state index is 0.514. The van der Waals surface area contributed by atoms with Crippen LogP contribution in [0, 0.1) is 17.2 Å². The molecule has 0 radical (unpaired) electrons. The molecule has 1 aliphatic heterocycles. The third kappa shape index (κ3) is 1.71. The number of hydrogen-bond donors (Lipinski definition) is 1. The van der Waals surface area contributed by atoms with Crippen molar-refractivity contribution in [1.29, 1.82) is 5.26 Å². The Balaban J connectivity index is 2.36. The number of likely N-dealkylation sites (N-methyl/N-ethyl adjacent to an activating group) is 1. The van der Waals surface area contributed by atoms with Crippen LogP contribution >= 0.6 is 0 Å².